The predicted molar refractivity (Wildman–Crippen MR) is 124 cm³/mol. The average molecular weight is 504 g/mol. The predicted octanol–water partition coefficient (Wildman–Crippen LogP) is 5.34. The molecule has 162 valence electrons. The van der Waals surface area contributed by atoms with Gasteiger partial charge in [0.05, 0.1) is 12.1 Å². The lowest BCUT2D eigenvalue weighted by Gasteiger charge is -2.33. The van der Waals surface area contributed by atoms with Gasteiger partial charge < -0.3 is 4.90 Å². The minimum Gasteiger partial charge on any atom is -0.325 e. The maximum atomic E-state index is 13.5. The number of anilines is 1. The van der Waals surface area contributed by atoms with Crippen molar-refractivity contribution in [3.63, 3.8) is 0 Å². The molecule has 1 aliphatic heterocycles. The first-order valence-corrected chi connectivity index (χ1v) is 11.8. The number of rotatable bonds is 5. The van der Waals surface area contributed by atoms with Gasteiger partial charge in [0.1, 0.15) is 6.04 Å². The second-order valence-corrected chi connectivity index (χ2v) is 9.48. The van der Waals surface area contributed by atoms with Crippen LogP contribution in [-0.2, 0) is 20.9 Å². The first kappa shape index (κ1) is 22.0. The number of carbonyl (C=O) groups excluding carboxylic acids is 3. The van der Waals surface area contributed by atoms with Crippen LogP contribution in [0.4, 0.5) is 5.69 Å². The van der Waals surface area contributed by atoms with Gasteiger partial charge in [-0.2, -0.15) is 0 Å². The zero-order valence-corrected chi connectivity index (χ0v) is 19.4. The molecule has 1 aliphatic carbocycles. The summed E-state index contributed by atoms with van der Waals surface area (Å²) in [4.78, 5) is 42.5. The molecular weight excluding hydrogens is 480 g/mol. The summed E-state index contributed by atoms with van der Waals surface area (Å²) in [6.45, 7) is 0.215. The number of hydrogen-bond acceptors (Lipinski definition) is 3. The van der Waals surface area contributed by atoms with Crippen LogP contribution in [0.1, 0.15) is 44.1 Å². The van der Waals surface area contributed by atoms with Gasteiger partial charge in [0, 0.05) is 22.0 Å². The molecule has 0 spiro atoms. The molecule has 1 heterocycles. The summed E-state index contributed by atoms with van der Waals surface area (Å²) in [5, 5.41) is 0.547. The Hall–Kier alpha value is -2.18. The summed E-state index contributed by atoms with van der Waals surface area (Å²) in [5.41, 5.74) is 1.29. The lowest BCUT2D eigenvalue weighted by atomic mass is 9.87. The molecule has 31 heavy (non-hydrogen) atoms. The maximum absolute atomic E-state index is 13.5. The lowest BCUT2D eigenvalue weighted by molar-refractivity contribution is -0.143. The third kappa shape index (κ3) is 4.70. The highest BCUT2D eigenvalue weighted by molar-refractivity contribution is 9.10. The van der Waals surface area contributed by atoms with Gasteiger partial charge in [-0.1, -0.05) is 65.0 Å². The van der Waals surface area contributed by atoms with Crippen molar-refractivity contribution in [3.05, 3.63) is 63.6 Å². The van der Waals surface area contributed by atoms with E-state index in [0.29, 0.717) is 10.7 Å². The fraction of sp³-hybridized carbons (Fsp3) is 0.375. The molecule has 3 amide bonds. The van der Waals surface area contributed by atoms with Crippen LogP contribution >= 0.6 is 27.5 Å². The molecule has 0 radical (unpaired) electrons. The fourth-order valence-electron chi connectivity index (χ4n) is 4.46. The number of nitrogens with zero attached hydrogens (tertiary/aromatic N) is 2. The number of halogens is 2. The molecule has 2 fully saturated rings. The molecule has 1 saturated carbocycles. The van der Waals surface area contributed by atoms with E-state index in [2.05, 4.69) is 15.9 Å². The number of hydrogen-bond donors (Lipinski definition) is 0. The monoisotopic (exact) mass is 502 g/mol. The van der Waals surface area contributed by atoms with Gasteiger partial charge in [0.15, 0.2) is 0 Å². The quantitative estimate of drug-likeness (QED) is 0.517. The molecule has 0 N–H and O–H groups in total. The second-order valence-electron chi connectivity index (χ2n) is 8.16. The molecule has 1 atom stereocenters. The van der Waals surface area contributed by atoms with E-state index in [9.17, 15) is 14.4 Å². The van der Waals surface area contributed by atoms with Gasteiger partial charge in [-0.25, -0.2) is 4.90 Å². The van der Waals surface area contributed by atoms with Gasteiger partial charge in [-0.15, -0.1) is 0 Å². The van der Waals surface area contributed by atoms with E-state index in [-0.39, 0.29) is 36.6 Å². The SMILES string of the molecule is O=C1CC(N(Cc2ccccc2Cl)C(=O)C2CCCCC2)C(=O)N1c1ccc(Br)cc1. The molecule has 2 aliphatic rings. The van der Waals surface area contributed by atoms with Crippen molar-refractivity contribution in [1.82, 2.24) is 4.90 Å². The van der Waals surface area contributed by atoms with Crippen LogP contribution in [0.5, 0.6) is 0 Å². The van der Waals surface area contributed by atoms with Crippen LogP contribution in [0, 0.1) is 5.92 Å². The standard InChI is InChI=1S/C24H24BrClN2O3/c25-18-10-12-19(13-11-18)28-22(29)14-21(24(28)31)27(15-17-8-4-5-9-20(17)26)23(30)16-6-2-1-3-7-16/h4-5,8-13,16,21H,1-3,6-7,14-15H2. The zero-order chi connectivity index (χ0) is 22.0. The Balaban J connectivity index is 1.64. The second kappa shape index (κ2) is 9.53. The van der Waals surface area contributed by atoms with E-state index in [0.717, 1.165) is 42.1 Å². The largest absolute Gasteiger partial charge is 0.325 e. The molecule has 1 unspecified atom stereocenters. The Bertz CT molecular complexity index is 989. The molecule has 1 saturated heterocycles. The smallest absolute Gasteiger partial charge is 0.257 e. The van der Waals surface area contributed by atoms with E-state index < -0.39 is 6.04 Å². The molecule has 4 rings (SSSR count). The normalized spacial score (nSPS) is 19.7. The summed E-state index contributed by atoms with van der Waals surface area (Å²) in [7, 11) is 0. The van der Waals surface area contributed by atoms with E-state index >= 15 is 0 Å². The number of imide groups is 1. The average Bonchev–Trinajstić information content (AvgIpc) is 3.07. The van der Waals surface area contributed by atoms with Crippen molar-refractivity contribution in [2.75, 3.05) is 4.90 Å². The minimum absolute atomic E-state index is 0.0161. The summed E-state index contributed by atoms with van der Waals surface area (Å²) in [6, 6.07) is 13.5. The van der Waals surface area contributed by atoms with Gasteiger partial charge in [-0.05, 0) is 48.7 Å². The number of benzene rings is 2. The fourth-order valence-corrected chi connectivity index (χ4v) is 4.92. The van der Waals surface area contributed by atoms with E-state index in [1.807, 2.05) is 18.2 Å². The van der Waals surface area contributed by atoms with Gasteiger partial charge in [0.2, 0.25) is 11.8 Å². The van der Waals surface area contributed by atoms with E-state index in [4.69, 9.17) is 11.6 Å². The topological polar surface area (TPSA) is 57.7 Å². The molecule has 0 bridgehead atoms. The third-order valence-corrected chi connectivity index (χ3v) is 7.02. The first-order valence-electron chi connectivity index (χ1n) is 10.6. The Morgan fingerprint density at radius 1 is 1.03 bits per heavy atom. The molecule has 2 aromatic carbocycles. The zero-order valence-electron chi connectivity index (χ0n) is 17.1. The molecule has 0 aromatic heterocycles. The van der Waals surface area contributed by atoms with Crippen LogP contribution in [-0.4, -0.2) is 28.7 Å². The van der Waals surface area contributed by atoms with Crippen LogP contribution in [0.25, 0.3) is 0 Å². The van der Waals surface area contributed by atoms with Crippen molar-refractivity contribution >= 4 is 50.9 Å². The van der Waals surface area contributed by atoms with Gasteiger partial charge >= 0.3 is 0 Å². The summed E-state index contributed by atoms with van der Waals surface area (Å²) in [5.74, 6) is -0.814. The highest BCUT2D eigenvalue weighted by Crippen LogP contribution is 2.32. The van der Waals surface area contributed by atoms with E-state index in [1.54, 1.807) is 35.2 Å². The number of carbonyl (C=O) groups is 3. The molecular formula is C24H24BrClN2O3. The van der Waals surface area contributed by atoms with Crippen molar-refractivity contribution in [2.45, 2.75) is 51.1 Å². The molecule has 2 aromatic rings. The van der Waals surface area contributed by atoms with Gasteiger partial charge in [0.25, 0.3) is 5.91 Å². The molecule has 5 nitrogen and oxygen atoms in total. The summed E-state index contributed by atoms with van der Waals surface area (Å²) >= 11 is 9.74. The van der Waals surface area contributed by atoms with Crippen LogP contribution in [0.2, 0.25) is 5.02 Å². The van der Waals surface area contributed by atoms with Crippen LogP contribution in [0.3, 0.4) is 0 Å². The highest BCUT2D eigenvalue weighted by Gasteiger charge is 2.45. The lowest BCUT2D eigenvalue weighted by Crippen LogP contribution is -2.47. The van der Waals surface area contributed by atoms with Crippen LogP contribution in [0.15, 0.2) is 53.0 Å². The van der Waals surface area contributed by atoms with Gasteiger partial charge in [-0.3, -0.25) is 14.4 Å². The van der Waals surface area contributed by atoms with Crippen molar-refractivity contribution < 1.29 is 14.4 Å². The maximum Gasteiger partial charge on any atom is 0.257 e. The third-order valence-electron chi connectivity index (χ3n) is 6.12. The first-order chi connectivity index (χ1) is 15.0. The summed E-state index contributed by atoms with van der Waals surface area (Å²) in [6.07, 6.45) is 4.79. The van der Waals surface area contributed by atoms with Crippen molar-refractivity contribution in [3.8, 4) is 0 Å². The molecule has 7 heteroatoms. The number of amides is 3. The minimum atomic E-state index is -0.818. The van der Waals surface area contributed by atoms with Crippen molar-refractivity contribution in [2.24, 2.45) is 5.92 Å². The van der Waals surface area contributed by atoms with Crippen molar-refractivity contribution in [1.29, 1.82) is 0 Å². The summed E-state index contributed by atoms with van der Waals surface area (Å²) < 4.78 is 0.861. The highest BCUT2D eigenvalue weighted by atomic mass is 79.9. The Kier molecular flexibility index (Phi) is 6.77. The Morgan fingerprint density at radius 3 is 2.39 bits per heavy atom. The van der Waals surface area contributed by atoms with Crippen LogP contribution < -0.4 is 4.90 Å². The van der Waals surface area contributed by atoms with E-state index in [1.165, 1.54) is 4.90 Å². The Morgan fingerprint density at radius 2 is 1.71 bits per heavy atom. The Labute approximate surface area is 195 Å².